The van der Waals surface area contributed by atoms with Crippen LogP contribution < -0.4 is 20.3 Å². The van der Waals surface area contributed by atoms with Gasteiger partial charge in [-0.1, -0.05) is 17.6 Å². The third-order valence-corrected chi connectivity index (χ3v) is 4.65. The summed E-state index contributed by atoms with van der Waals surface area (Å²) in [7, 11) is 1.63. The zero-order valence-corrected chi connectivity index (χ0v) is 16.3. The molecule has 0 unspecified atom stereocenters. The molecule has 0 fully saturated rings. The highest BCUT2D eigenvalue weighted by Crippen LogP contribution is 2.21. The number of nitrogens with one attached hydrogen (secondary N) is 2. The monoisotopic (exact) mass is 382 g/mol. The molecule has 1 aromatic heterocycles. The minimum atomic E-state index is 0.373. The highest BCUT2D eigenvalue weighted by atomic mass is 32.1. The number of methoxy groups -OCH3 is 1. The first-order valence-corrected chi connectivity index (χ1v) is 9.34. The number of nitrogens with zero attached hydrogens (tertiary/aromatic N) is 2. The van der Waals surface area contributed by atoms with E-state index < -0.39 is 0 Å². The van der Waals surface area contributed by atoms with E-state index in [0.29, 0.717) is 18.1 Å². The second-order valence-electron chi connectivity index (χ2n) is 5.75. The summed E-state index contributed by atoms with van der Waals surface area (Å²) in [6.45, 7) is 4.55. The van der Waals surface area contributed by atoms with E-state index in [1.165, 1.54) is 11.5 Å². The molecule has 27 heavy (non-hydrogen) atoms. The van der Waals surface area contributed by atoms with Gasteiger partial charge < -0.3 is 14.8 Å². The van der Waals surface area contributed by atoms with Gasteiger partial charge in [0.15, 0.2) is 0 Å². The van der Waals surface area contributed by atoms with Crippen LogP contribution in [0, 0.1) is 12.3 Å². The maximum Gasteiger partial charge on any atom is 0.223 e. The molecule has 0 bridgehead atoms. The van der Waals surface area contributed by atoms with E-state index in [1.807, 2.05) is 68.4 Å². The Kier molecular flexibility index (Phi) is 5.93. The second kappa shape index (κ2) is 8.55. The first-order valence-electron chi connectivity index (χ1n) is 8.56. The molecule has 0 saturated heterocycles. The number of hydrogen-bond acceptors (Lipinski definition) is 5. The van der Waals surface area contributed by atoms with E-state index in [-0.39, 0.29) is 0 Å². The van der Waals surface area contributed by atoms with Crippen LogP contribution >= 0.6 is 11.5 Å². The first kappa shape index (κ1) is 18.7. The highest BCUT2D eigenvalue weighted by molar-refractivity contribution is 7.07. The Labute approximate surface area is 162 Å². The highest BCUT2D eigenvalue weighted by Gasteiger charge is 2.09. The fraction of sp³-hybridized carbons (Fsp3) is 0.200. The summed E-state index contributed by atoms with van der Waals surface area (Å²) in [6, 6.07) is 17.0. The number of rotatable bonds is 5. The lowest BCUT2D eigenvalue weighted by Crippen LogP contribution is -2.28. The molecule has 2 aromatic carbocycles. The van der Waals surface area contributed by atoms with Gasteiger partial charge in [-0.25, -0.2) is 8.95 Å². The van der Waals surface area contributed by atoms with Crippen LogP contribution in [0.25, 0.3) is 0 Å². The molecule has 0 amide bonds. The van der Waals surface area contributed by atoms with Crippen LogP contribution in [0.4, 0.5) is 11.4 Å². The molecule has 0 radical (unpaired) electrons. The van der Waals surface area contributed by atoms with Crippen molar-refractivity contribution in [3.63, 3.8) is 0 Å². The number of hydrogen-bond donors (Lipinski definition) is 2. The number of ether oxygens (including phenoxy) is 2. The minimum Gasteiger partial charge on any atom is -0.497 e. The Hall–Kier alpha value is -3.06. The van der Waals surface area contributed by atoms with Gasteiger partial charge in [0.05, 0.1) is 19.4 Å². The molecule has 140 valence electrons. The summed E-state index contributed by atoms with van der Waals surface area (Å²) in [5.74, 6) is 2.11. The molecule has 0 aliphatic carbocycles. The first-order chi connectivity index (χ1) is 13.1. The van der Waals surface area contributed by atoms with E-state index in [4.69, 9.17) is 19.9 Å². The number of aliphatic imine (C=N–C) groups is 1. The van der Waals surface area contributed by atoms with E-state index in [9.17, 15) is 0 Å². The quantitative estimate of drug-likeness (QED) is 0.508. The minimum absolute atomic E-state index is 0.373. The predicted octanol–water partition coefficient (Wildman–Crippen LogP) is 4.39. The molecule has 0 saturated carbocycles. The van der Waals surface area contributed by atoms with Crippen LogP contribution in [-0.4, -0.2) is 23.6 Å². The standard InChI is InChI=1S/C20H22N4O2S/c1-4-26-17-10-8-15(9-11-17)22-20(24-19(21)12-14(2)27-24)23-16-6-5-7-18(13-16)25-3/h5-13,21H,4H2,1-3H3,(H,22,23). The topological polar surface area (TPSA) is 71.6 Å². The molecule has 0 spiro atoms. The van der Waals surface area contributed by atoms with Gasteiger partial charge >= 0.3 is 0 Å². The average Bonchev–Trinajstić information content (AvgIpc) is 3.01. The molecular formula is C20H22N4O2S. The van der Waals surface area contributed by atoms with Crippen molar-refractivity contribution >= 4 is 28.9 Å². The smallest absolute Gasteiger partial charge is 0.223 e. The SMILES string of the molecule is CCOc1ccc(N=C(Nc2cccc(OC)c2)n2sc(C)cc2=N)cc1. The van der Waals surface area contributed by atoms with Crippen molar-refractivity contribution < 1.29 is 9.47 Å². The van der Waals surface area contributed by atoms with Crippen LogP contribution in [0.1, 0.15) is 11.8 Å². The fourth-order valence-corrected chi connectivity index (χ4v) is 3.26. The lowest BCUT2D eigenvalue weighted by Gasteiger charge is -2.12. The maximum absolute atomic E-state index is 8.23. The fourth-order valence-electron chi connectivity index (χ4n) is 2.49. The Bertz CT molecular complexity index is 990. The van der Waals surface area contributed by atoms with Crippen molar-refractivity contribution in [2.75, 3.05) is 19.0 Å². The van der Waals surface area contributed by atoms with Crippen LogP contribution in [-0.2, 0) is 0 Å². The molecule has 0 aliphatic rings. The summed E-state index contributed by atoms with van der Waals surface area (Å²) in [5, 5.41) is 11.5. The summed E-state index contributed by atoms with van der Waals surface area (Å²) >= 11 is 1.46. The van der Waals surface area contributed by atoms with Crippen molar-refractivity contribution in [1.29, 1.82) is 5.41 Å². The van der Waals surface area contributed by atoms with Crippen molar-refractivity contribution in [2.45, 2.75) is 13.8 Å². The number of aryl methyl sites for hydroxylation is 1. The van der Waals surface area contributed by atoms with Crippen LogP contribution in [0.15, 0.2) is 59.6 Å². The molecular weight excluding hydrogens is 360 g/mol. The van der Waals surface area contributed by atoms with Gasteiger partial charge in [0, 0.05) is 16.6 Å². The number of aromatic nitrogens is 1. The molecule has 3 rings (SSSR count). The van der Waals surface area contributed by atoms with Crippen molar-refractivity contribution in [3.05, 3.63) is 65.0 Å². The predicted molar refractivity (Wildman–Crippen MR) is 110 cm³/mol. The zero-order valence-electron chi connectivity index (χ0n) is 15.5. The molecule has 0 atom stereocenters. The lowest BCUT2D eigenvalue weighted by atomic mass is 10.3. The van der Waals surface area contributed by atoms with Gasteiger partial charge in [-0.3, -0.25) is 5.41 Å². The van der Waals surface area contributed by atoms with Crippen molar-refractivity contribution in [3.8, 4) is 11.5 Å². The third-order valence-electron chi connectivity index (χ3n) is 3.70. The summed E-state index contributed by atoms with van der Waals surface area (Å²) in [6.07, 6.45) is 0. The summed E-state index contributed by atoms with van der Waals surface area (Å²) in [5.41, 5.74) is 1.97. The third kappa shape index (κ3) is 4.77. The lowest BCUT2D eigenvalue weighted by molar-refractivity contribution is 0.340. The van der Waals surface area contributed by atoms with E-state index >= 15 is 0 Å². The van der Waals surface area contributed by atoms with Crippen LogP contribution in [0.3, 0.4) is 0 Å². The summed E-state index contributed by atoms with van der Waals surface area (Å²) in [4.78, 5) is 5.75. The Morgan fingerprint density at radius 3 is 2.56 bits per heavy atom. The normalized spacial score (nSPS) is 11.3. The molecule has 2 N–H and O–H groups in total. The maximum atomic E-state index is 8.23. The molecule has 1 heterocycles. The number of anilines is 1. The largest absolute Gasteiger partial charge is 0.497 e. The molecule has 6 nitrogen and oxygen atoms in total. The second-order valence-corrected chi connectivity index (χ2v) is 6.94. The average molecular weight is 382 g/mol. The Morgan fingerprint density at radius 2 is 1.93 bits per heavy atom. The molecule has 3 aromatic rings. The Morgan fingerprint density at radius 1 is 1.15 bits per heavy atom. The van der Waals surface area contributed by atoms with E-state index in [0.717, 1.165) is 27.8 Å². The van der Waals surface area contributed by atoms with Crippen LogP contribution in [0.2, 0.25) is 0 Å². The van der Waals surface area contributed by atoms with E-state index in [2.05, 4.69) is 5.32 Å². The zero-order chi connectivity index (χ0) is 19.2. The Balaban J connectivity index is 1.98. The number of benzene rings is 2. The van der Waals surface area contributed by atoms with Gasteiger partial charge in [-0.05, 0) is 56.3 Å². The van der Waals surface area contributed by atoms with Crippen molar-refractivity contribution in [1.82, 2.24) is 3.96 Å². The summed E-state index contributed by atoms with van der Waals surface area (Å²) < 4.78 is 12.5. The van der Waals surface area contributed by atoms with Gasteiger partial charge in [0.25, 0.3) is 0 Å². The molecule has 0 aliphatic heterocycles. The van der Waals surface area contributed by atoms with Crippen molar-refractivity contribution in [2.24, 2.45) is 4.99 Å². The van der Waals surface area contributed by atoms with Gasteiger partial charge in [0.1, 0.15) is 17.0 Å². The van der Waals surface area contributed by atoms with Gasteiger partial charge in [-0.15, -0.1) is 0 Å². The molecule has 7 heteroatoms. The van der Waals surface area contributed by atoms with Gasteiger partial charge in [-0.2, -0.15) is 0 Å². The van der Waals surface area contributed by atoms with E-state index in [1.54, 1.807) is 11.1 Å². The van der Waals surface area contributed by atoms with Gasteiger partial charge in [0.2, 0.25) is 5.96 Å². The van der Waals surface area contributed by atoms with Crippen LogP contribution in [0.5, 0.6) is 11.5 Å².